The zero-order valence-electron chi connectivity index (χ0n) is 16.5. The van der Waals surface area contributed by atoms with Crippen LogP contribution < -0.4 is 0 Å². The molecule has 0 saturated carbocycles. The van der Waals surface area contributed by atoms with Crippen LogP contribution in [0.4, 0.5) is 0 Å². The van der Waals surface area contributed by atoms with E-state index < -0.39 is 5.97 Å². The fourth-order valence-electron chi connectivity index (χ4n) is 3.21. The predicted octanol–water partition coefficient (Wildman–Crippen LogP) is 2.76. The van der Waals surface area contributed by atoms with Gasteiger partial charge in [-0.05, 0) is 66.7 Å². The SMILES string of the molecule is Cc1cc(C(=O)COC(=O)c2ccc(-n3cnnn3)cc2)c(C)n1Cc1ccco1. The van der Waals surface area contributed by atoms with Crippen LogP contribution in [0.3, 0.4) is 0 Å². The van der Waals surface area contributed by atoms with Crippen molar-refractivity contribution in [2.24, 2.45) is 0 Å². The summed E-state index contributed by atoms with van der Waals surface area (Å²) >= 11 is 0. The molecule has 152 valence electrons. The van der Waals surface area contributed by atoms with Crippen molar-refractivity contribution in [3.8, 4) is 5.69 Å². The van der Waals surface area contributed by atoms with Gasteiger partial charge in [0, 0.05) is 17.0 Å². The lowest BCUT2D eigenvalue weighted by molar-refractivity contribution is 0.0474. The number of nitrogens with zero attached hydrogens (tertiary/aromatic N) is 5. The lowest BCUT2D eigenvalue weighted by atomic mass is 10.1. The minimum atomic E-state index is -0.573. The largest absolute Gasteiger partial charge is 0.467 e. The Labute approximate surface area is 171 Å². The number of esters is 1. The summed E-state index contributed by atoms with van der Waals surface area (Å²) in [6.45, 7) is 3.98. The first-order chi connectivity index (χ1) is 14.5. The second kappa shape index (κ2) is 8.16. The molecule has 4 rings (SSSR count). The van der Waals surface area contributed by atoms with Crippen LogP contribution in [0.1, 0.15) is 37.9 Å². The molecule has 4 aromatic rings. The summed E-state index contributed by atoms with van der Waals surface area (Å²) in [5, 5.41) is 10.9. The number of benzene rings is 1. The summed E-state index contributed by atoms with van der Waals surface area (Å²) in [5.74, 6) is -0.0317. The zero-order valence-corrected chi connectivity index (χ0v) is 16.5. The molecule has 0 unspecified atom stereocenters. The third-order valence-electron chi connectivity index (χ3n) is 4.82. The summed E-state index contributed by atoms with van der Waals surface area (Å²) in [7, 11) is 0. The molecule has 3 aromatic heterocycles. The summed E-state index contributed by atoms with van der Waals surface area (Å²) in [6.07, 6.45) is 3.07. The Kier molecular flexibility index (Phi) is 5.25. The third-order valence-corrected chi connectivity index (χ3v) is 4.82. The van der Waals surface area contributed by atoms with Crippen molar-refractivity contribution < 1.29 is 18.7 Å². The highest BCUT2D eigenvalue weighted by Gasteiger charge is 2.18. The minimum Gasteiger partial charge on any atom is -0.467 e. The summed E-state index contributed by atoms with van der Waals surface area (Å²) in [5.41, 5.74) is 3.30. The normalized spacial score (nSPS) is 10.9. The lowest BCUT2D eigenvalue weighted by Gasteiger charge is -2.08. The summed E-state index contributed by atoms with van der Waals surface area (Å²) < 4.78 is 14.1. The molecule has 0 amide bonds. The maximum atomic E-state index is 12.6. The topological polar surface area (TPSA) is 105 Å². The van der Waals surface area contributed by atoms with Gasteiger partial charge in [-0.1, -0.05) is 0 Å². The molecule has 0 saturated heterocycles. The van der Waals surface area contributed by atoms with Gasteiger partial charge >= 0.3 is 5.97 Å². The molecule has 1 aromatic carbocycles. The van der Waals surface area contributed by atoms with E-state index in [0.717, 1.165) is 17.1 Å². The molecule has 0 fully saturated rings. The van der Waals surface area contributed by atoms with Gasteiger partial charge in [0.2, 0.25) is 5.78 Å². The van der Waals surface area contributed by atoms with Crippen LogP contribution in [0.15, 0.2) is 59.5 Å². The fourth-order valence-corrected chi connectivity index (χ4v) is 3.21. The number of hydrogen-bond donors (Lipinski definition) is 0. The van der Waals surface area contributed by atoms with Gasteiger partial charge in [0.15, 0.2) is 6.61 Å². The molecule has 0 N–H and O–H groups in total. The quantitative estimate of drug-likeness (QED) is 0.344. The van der Waals surface area contributed by atoms with Gasteiger partial charge in [0.25, 0.3) is 0 Å². The molecule has 0 atom stereocenters. The molecule has 0 radical (unpaired) electrons. The van der Waals surface area contributed by atoms with E-state index in [4.69, 9.17) is 9.15 Å². The highest BCUT2D eigenvalue weighted by atomic mass is 16.5. The Bertz CT molecular complexity index is 1160. The van der Waals surface area contributed by atoms with Crippen molar-refractivity contribution in [1.29, 1.82) is 0 Å². The molecule has 3 heterocycles. The maximum absolute atomic E-state index is 12.6. The van der Waals surface area contributed by atoms with Gasteiger partial charge in [0.1, 0.15) is 12.1 Å². The summed E-state index contributed by atoms with van der Waals surface area (Å²) in [6, 6.07) is 12.1. The van der Waals surface area contributed by atoms with Crippen LogP contribution in [-0.4, -0.2) is 43.1 Å². The van der Waals surface area contributed by atoms with E-state index >= 15 is 0 Å². The van der Waals surface area contributed by atoms with E-state index in [2.05, 4.69) is 15.5 Å². The molecule has 0 bridgehead atoms. The molecule has 9 heteroatoms. The van der Waals surface area contributed by atoms with Gasteiger partial charge in [0.05, 0.1) is 24.1 Å². The molecule has 0 spiro atoms. The first kappa shape index (κ1) is 19.3. The van der Waals surface area contributed by atoms with E-state index in [9.17, 15) is 9.59 Å². The lowest BCUT2D eigenvalue weighted by Crippen LogP contribution is -2.15. The first-order valence-electron chi connectivity index (χ1n) is 9.26. The second-order valence-electron chi connectivity index (χ2n) is 6.75. The van der Waals surface area contributed by atoms with Crippen molar-refractivity contribution in [3.05, 3.63) is 83.3 Å². The van der Waals surface area contributed by atoms with E-state index in [-0.39, 0.29) is 12.4 Å². The van der Waals surface area contributed by atoms with Gasteiger partial charge in [-0.3, -0.25) is 4.79 Å². The van der Waals surface area contributed by atoms with Crippen LogP contribution in [0.5, 0.6) is 0 Å². The number of carbonyl (C=O) groups is 2. The number of carbonyl (C=O) groups excluding carboxylic acids is 2. The number of tetrazole rings is 1. The predicted molar refractivity (Wildman–Crippen MR) is 105 cm³/mol. The molecule has 0 aliphatic heterocycles. The number of aryl methyl sites for hydroxylation is 1. The summed E-state index contributed by atoms with van der Waals surface area (Å²) in [4.78, 5) is 24.9. The van der Waals surface area contributed by atoms with E-state index in [0.29, 0.717) is 23.4 Å². The Balaban J connectivity index is 1.40. The smallest absolute Gasteiger partial charge is 0.338 e. The van der Waals surface area contributed by atoms with Crippen LogP contribution in [0, 0.1) is 13.8 Å². The Morgan fingerprint density at radius 2 is 1.93 bits per heavy atom. The van der Waals surface area contributed by atoms with Crippen LogP contribution in [-0.2, 0) is 11.3 Å². The van der Waals surface area contributed by atoms with Gasteiger partial charge in [-0.2, -0.15) is 0 Å². The fraction of sp³-hybridized carbons (Fsp3) is 0.190. The van der Waals surface area contributed by atoms with Crippen LogP contribution in [0.2, 0.25) is 0 Å². The number of Topliss-reactive ketones (excluding diaryl/α,β-unsaturated/α-hetero) is 1. The number of ketones is 1. The van der Waals surface area contributed by atoms with Gasteiger partial charge < -0.3 is 13.7 Å². The van der Waals surface area contributed by atoms with Crippen LogP contribution in [0.25, 0.3) is 5.69 Å². The molecule has 30 heavy (non-hydrogen) atoms. The van der Waals surface area contributed by atoms with Crippen molar-refractivity contribution in [1.82, 2.24) is 24.8 Å². The third kappa shape index (κ3) is 3.90. The Morgan fingerprint density at radius 3 is 2.60 bits per heavy atom. The van der Waals surface area contributed by atoms with Crippen LogP contribution >= 0.6 is 0 Å². The maximum Gasteiger partial charge on any atom is 0.338 e. The number of aromatic nitrogens is 5. The highest BCUT2D eigenvalue weighted by Crippen LogP contribution is 2.18. The first-order valence-corrected chi connectivity index (χ1v) is 9.26. The Hall–Kier alpha value is -4.01. The monoisotopic (exact) mass is 405 g/mol. The average molecular weight is 405 g/mol. The number of hydrogen-bond acceptors (Lipinski definition) is 7. The van der Waals surface area contributed by atoms with Crippen molar-refractivity contribution in [2.75, 3.05) is 6.61 Å². The molecule has 0 aliphatic rings. The number of rotatable bonds is 7. The number of furan rings is 1. The molecular formula is C21H19N5O4. The zero-order chi connectivity index (χ0) is 21.1. The van der Waals surface area contributed by atoms with E-state index in [1.165, 1.54) is 11.0 Å². The highest BCUT2D eigenvalue weighted by molar-refractivity contribution is 6.00. The van der Waals surface area contributed by atoms with Crippen molar-refractivity contribution in [3.63, 3.8) is 0 Å². The molecule has 0 aliphatic carbocycles. The van der Waals surface area contributed by atoms with E-state index in [1.807, 2.05) is 30.5 Å². The molecule has 9 nitrogen and oxygen atoms in total. The average Bonchev–Trinajstić information content (AvgIpc) is 3.51. The standard InChI is InChI=1S/C21H19N5O4/c1-14-10-19(15(2)25(14)11-18-4-3-9-29-18)20(27)12-30-21(28)16-5-7-17(8-6-16)26-13-22-23-24-26/h3-10,13H,11-12H2,1-2H3. The van der Waals surface area contributed by atoms with E-state index in [1.54, 1.807) is 36.6 Å². The van der Waals surface area contributed by atoms with Gasteiger partial charge in [-0.25, -0.2) is 9.48 Å². The van der Waals surface area contributed by atoms with Crippen molar-refractivity contribution in [2.45, 2.75) is 20.4 Å². The van der Waals surface area contributed by atoms with Crippen molar-refractivity contribution >= 4 is 11.8 Å². The number of ether oxygens (including phenoxy) is 1. The van der Waals surface area contributed by atoms with Gasteiger partial charge in [-0.15, -0.1) is 5.10 Å². The minimum absolute atomic E-state index is 0.257. The second-order valence-corrected chi connectivity index (χ2v) is 6.75. The molecular weight excluding hydrogens is 386 g/mol. The Morgan fingerprint density at radius 1 is 1.13 bits per heavy atom.